The van der Waals surface area contributed by atoms with Gasteiger partial charge in [-0.15, -0.1) is 11.3 Å². The third-order valence-electron chi connectivity index (χ3n) is 3.64. The van der Waals surface area contributed by atoms with Crippen LogP contribution in [0.1, 0.15) is 22.6 Å². The number of aryl methyl sites for hydroxylation is 1. The molecule has 0 bridgehead atoms. The number of hydrogen-bond acceptors (Lipinski definition) is 4. The van der Waals surface area contributed by atoms with Gasteiger partial charge in [0.25, 0.3) is 0 Å². The highest BCUT2D eigenvalue weighted by atomic mass is 32.1. The first-order chi connectivity index (χ1) is 8.71. The zero-order valence-corrected chi connectivity index (χ0v) is 11.2. The van der Waals surface area contributed by atoms with Gasteiger partial charge in [-0.2, -0.15) is 0 Å². The highest BCUT2D eigenvalue weighted by molar-refractivity contribution is 7.09. The number of methoxy groups -OCH3 is 1. The largest absolute Gasteiger partial charge is 0.497 e. The van der Waals surface area contributed by atoms with Crippen molar-refractivity contribution in [2.45, 2.75) is 24.8 Å². The predicted molar refractivity (Wildman–Crippen MR) is 73.0 cm³/mol. The maximum atomic E-state index is 6.60. The summed E-state index contributed by atoms with van der Waals surface area (Å²) < 4.78 is 5.30. The summed E-state index contributed by atoms with van der Waals surface area (Å²) in [5.41, 5.74) is 8.87. The molecule has 0 saturated heterocycles. The van der Waals surface area contributed by atoms with E-state index in [4.69, 9.17) is 10.5 Å². The van der Waals surface area contributed by atoms with Gasteiger partial charge in [0.05, 0.1) is 12.1 Å². The topological polar surface area (TPSA) is 48.1 Å². The molecule has 2 N–H and O–H groups in total. The van der Waals surface area contributed by atoms with Gasteiger partial charge in [-0.05, 0) is 36.1 Å². The molecule has 1 aromatic carbocycles. The lowest BCUT2D eigenvalue weighted by molar-refractivity contribution is 0.407. The zero-order chi connectivity index (χ0) is 12.6. The predicted octanol–water partition coefficient (Wildman–Crippen LogP) is 2.49. The lowest BCUT2D eigenvalue weighted by Crippen LogP contribution is -2.36. The number of aromatic nitrogens is 1. The number of nitrogens with zero attached hydrogens (tertiary/aromatic N) is 1. The average molecular weight is 260 g/mol. The van der Waals surface area contributed by atoms with E-state index in [9.17, 15) is 0 Å². The van der Waals surface area contributed by atoms with Crippen LogP contribution in [0.2, 0.25) is 0 Å². The normalized spacial score (nSPS) is 21.9. The van der Waals surface area contributed by atoms with Crippen LogP contribution >= 0.6 is 11.3 Å². The van der Waals surface area contributed by atoms with Crippen molar-refractivity contribution in [1.29, 1.82) is 0 Å². The Morgan fingerprint density at radius 2 is 2.39 bits per heavy atom. The van der Waals surface area contributed by atoms with E-state index >= 15 is 0 Å². The van der Waals surface area contributed by atoms with E-state index in [1.807, 2.05) is 17.6 Å². The minimum atomic E-state index is -0.290. The second-order valence-electron chi connectivity index (χ2n) is 4.78. The molecule has 0 aliphatic heterocycles. The summed E-state index contributed by atoms with van der Waals surface area (Å²) in [5.74, 6) is 0.879. The number of nitrogens with two attached hydrogens (primary N) is 1. The van der Waals surface area contributed by atoms with E-state index in [1.165, 1.54) is 11.1 Å². The molecule has 1 unspecified atom stereocenters. The Morgan fingerprint density at radius 3 is 3.11 bits per heavy atom. The molecule has 0 spiro atoms. The van der Waals surface area contributed by atoms with Crippen LogP contribution in [0.3, 0.4) is 0 Å². The Bertz CT molecular complexity index is 553. The minimum absolute atomic E-state index is 0.290. The first kappa shape index (κ1) is 11.7. The fourth-order valence-corrected chi connectivity index (χ4v) is 3.39. The first-order valence-electron chi connectivity index (χ1n) is 6.06. The molecule has 1 aliphatic carbocycles. The second kappa shape index (κ2) is 4.37. The molecular weight excluding hydrogens is 244 g/mol. The van der Waals surface area contributed by atoms with Crippen molar-refractivity contribution in [1.82, 2.24) is 4.98 Å². The number of thiazole rings is 1. The standard InChI is InChI=1S/C14H16N2OS/c1-17-11-3-2-10-4-5-14(15,12(10)8-11)9-13-16-6-7-18-13/h2-3,6-8H,4-5,9,15H2,1H3. The average Bonchev–Trinajstić information content (AvgIpc) is 2.99. The summed E-state index contributed by atoms with van der Waals surface area (Å²) in [7, 11) is 1.69. The van der Waals surface area contributed by atoms with Gasteiger partial charge in [0, 0.05) is 23.5 Å². The summed E-state index contributed by atoms with van der Waals surface area (Å²) in [6.45, 7) is 0. The summed E-state index contributed by atoms with van der Waals surface area (Å²) in [6.07, 6.45) is 4.67. The third-order valence-corrected chi connectivity index (χ3v) is 4.42. The number of ether oxygens (including phenoxy) is 1. The van der Waals surface area contributed by atoms with Crippen LogP contribution in [0.4, 0.5) is 0 Å². The lowest BCUT2D eigenvalue weighted by atomic mass is 9.89. The van der Waals surface area contributed by atoms with Gasteiger partial charge in [-0.1, -0.05) is 6.07 Å². The van der Waals surface area contributed by atoms with Crippen molar-refractivity contribution in [3.05, 3.63) is 45.9 Å². The first-order valence-corrected chi connectivity index (χ1v) is 6.94. The number of benzene rings is 1. The molecule has 94 valence electrons. The molecule has 0 amide bonds. The Morgan fingerprint density at radius 1 is 1.50 bits per heavy atom. The van der Waals surface area contributed by atoms with Crippen LogP contribution in [-0.2, 0) is 18.4 Å². The van der Waals surface area contributed by atoms with Crippen LogP contribution in [0.15, 0.2) is 29.8 Å². The van der Waals surface area contributed by atoms with Gasteiger partial charge >= 0.3 is 0 Å². The molecule has 0 radical (unpaired) electrons. The van der Waals surface area contributed by atoms with Crippen molar-refractivity contribution in [3.8, 4) is 5.75 Å². The van der Waals surface area contributed by atoms with E-state index in [-0.39, 0.29) is 5.54 Å². The van der Waals surface area contributed by atoms with Crippen LogP contribution in [0.5, 0.6) is 5.75 Å². The SMILES string of the molecule is COc1ccc2c(c1)C(N)(Cc1nccs1)CC2. The van der Waals surface area contributed by atoms with Gasteiger partial charge in [0.2, 0.25) is 0 Å². The lowest BCUT2D eigenvalue weighted by Gasteiger charge is -2.24. The molecule has 0 fully saturated rings. The van der Waals surface area contributed by atoms with Crippen molar-refractivity contribution in [2.24, 2.45) is 5.73 Å². The van der Waals surface area contributed by atoms with Gasteiger partial charge in [-0.3, -0.25) is 0 Å². The highest BCUT2D eigenvalue weighted by Gasteiger charge is 2.36. The molecular formula is C14H16N2OS. The fraction of sp³-hybridized carbons (Fsp3) is 0.357. The quantitative estimate of drug-likeness (QED) is 0.922. The van der Waals surface area contributed by atoms with Crippen molar-refractivity contribution in [2.75, 3.05) is 7.11 Å². The van der Waals surface area contributed by atoms with Crippen molar-refractivity contribution in [3.63, 3.8) is 0 Å². The van der Waals surface area contributed by atoms with E-state index in [0.29, 0.717) is 0 Å². The summed E-state index contributed by atoms with van der Waals surface area (Å²) in [4.78, 5) is 4.35. The van der Waals surface area contributed by atoms with Crippen LogP contribution < -0.4 is 10.5 Å². The molecule has 3 nitrogen and oxygen atoms in total. The van der Waals surface area contributed by atoms with Crippen LogP contribution in [0.25, 0.3) is 0 Å². The van der Waals surface area contributed by atoms with Crippen molar-refractivity contribution >= 4 is 11.3 Å². The van der Waals surface area contributed by atoms with Gasteiger partial charge < -0.3 is 10.5 Å². The van der Waals surface area contributed by atoms with Crippen LogP contribution in [-0.4, -0.2) is 12.1 Å². The highest BCUT2D eigenvalue weighted by Crippen LogP contribution is 2.39. The summed E-state index contributed by atoms with van der Waals surface area (Å²) >= 11 is 1.67. The molecule has 4 heteroatoms. The smallest absolute Gasteiger partial charge is 0.119 e. The van der Waals surface area contributed by atoms with Gasteiger partial charge in [-0.25, -0.2) is 4.98 Å². The third kappa shape index (κ3) is 1.91. The Kier molecular flexibility index (Phi) is 2.84. The van der Waals surface area contributed by atoms with Gasteiger partial charge in [0.15, 0.2) is 0 Å². The Balaban J connectivity index is 1.96. The number of hydrogen-bond donors (Lipinski definition) is 1. The maximum absolute atomic E-state index is 6.60. The Hall–Kier alpha value is -1.39. The maximum Gasteiger partial charge on any atom is 0.119 e. The Labute approximate surface area is 111 Å². The molecule has 1 atom stereocenters. The molecule has 1 aromatic heterocycles. The van der Waals surface area contributed by atoms with E-state index in [2.05, 4.69) is 17.1 Å². The van der Waals surface area contributed by atoms with Gasteiger partial charge in [0.1, 0.15) is 5.75 Å². The summed E-state index contributed by atoms with van der Waals surface area (Å²) in [5, 5.41) is 3.10. The summed E-state index contributed by atoms with van der Waals surface area (Å²) in [6, 6.07) is 6.22. The molecule has 1 aliphatic rings. The molecule has 2 aromatic rings. The minimum Gasteiger partial charge on any atom is -0.497 e. The second-order valence-corrected chi connectivity index (χ2v) is 5.76. The van der Waals surface area contributed by atoms with Crippen molar-refractivity contribution < 1.29 is 4.74 Å². The van der Waals surface area contributed by atoms with Crippen LogP contribution in [0, 0.1) is 0 Å². The fourth-order valence-electron chi connectivity index (χ4n) is 2.65. The molecule has 18 heavy (non-hydrogen) atoms. The zero-order valence-electron chi connectivity index (χ0n) is 10.3. The van der Waals surface area contributed by atoms with E-state index in [1.54, 1.807) is 18.4 Å². The monoisotopic (exact) mass is 260 g/mol. The van der Waals surface area contributed by atoms with E-state index < -0.39 is 0 Å². The molecule has 3 rings (SSSR count). The van der Waals surface area contributed by atoms with E-state index in [0.717, 1.165) is 30.0 Å². The number of rotatable bonds is 3. The molecule has 1 heterocycles. The number of fused-ring (bicyclic) bond motifs is 1. The molecule has 0 saturated carbocycles.